The van der Waals surface area contributed by atoms with Crippen molar-refractivity contribution in [3.8, 4) is 0 Å². The lowest BCUT2D eigenvalue weighted by Crippen LogP contribution is -2.43. The van der Waals surface area contributed by atoms with Crippen LogP contribution in [0.1, 0.15) is 46.5 Å². The molecule has 3 nitrogen and oxygen atoms in total. The largest absolute Gasteiger partial charge is 0.444 e. The topological polar surface area (TPSA) is 29.5 Å². The Bertz CT molecular complexity index is 288. The van der Waals surface area contributed by atoms with Crippen molar-refractivity contribution >= 4 is 6.09 Å². The Hall–Kier alpha value is -0.990. The number of fused-ring (bicyclic) bond motifs is 2. The number of carbonyl (C=O) groups excluding carboxylic acids is 1. The van der Waals surface area contributed by atoms with E-state index < -0.39 is 5.60 Å². The maximum atomic E-state index is 12.1. The molecule has 0 aromatic heterocycles. The molecule has 90 valence electrons. The van der Waals surface area contributed by atoms with Gasteiger partial charge in [-0.15, -0.1) is 0 Å². The van der Waals surface area contributed by atoms with Crippen LogP contribution in [0, 0.1) is 0 Å². The normalized spacial score (nSPS) is 29.1. The Morgan fingerprint density at radius 2 is 1.69 bits per heavy atom. The van der Waals surface area contributed by atoms with Crippen molar-refractivity contribution in [2.45, 2.75) is 64.1 Å². The summed E-state index contributed by atoms with van der Waals surface area (Å²) in [5.41, 5.74) is -0.393. The fourth-order valence-corrected chi connectivity index (χ4v) is 2.54. The van der Waals surface area contributed by atoms with Gasteiger partial charge in [0.1, 0.15) is 5.60 Å². The molecule has 0 spiro atoms. The van der Waals surface area contributed by atoms with E-state index in [1.54, 1.807) is 0 Å². The Labute approximate surface area is 97.5 Å². The summed E-state index contributed by atoms with van der Waals surface area (Å²) in [5, 5.41) is 0. The van der Waals surface area contributed by atoms with Gasteiger partial charge in [0.15, 0.2) is 0 Å². The van der Waals surface area contributed by atoms with Crippen LogP contribution in [-0.4, -0.2) is 28.7 Å². The van der Waals surface area contributed by atoms with Crippen LogP contribution in [0.4, 0.5) is 4.79 Å². The van der Waals surface area contributed by atoms with Gasteiger partial charge in [0, 0.05) is 12.1 Å². The summed E-state index contributed by atoms with van der Waals surface area (Å²) in [4.78, 5) is 14.1. The number of ether oxygens (including phenoxy) is 1. The third-order valence-corrected chi connectivity index (χ3v) is 3.21. The van der Waals surface area contributed by atoms with E-state index in [9.17, 15) is 4.79 Å². The van der Waals surface area contributed by atoms with Gasteiger partial charge in [-0.3, -0.25) is 0 Å². The molecule has 1 amide bonds. The number of amides is 1. The molecule has 0 unspecified atom stereocenters. The lowest BCUT2D eigenvalue weighted by molar-refractivity contribution is 0.0156. The third kappa shape index (κ3) is 2.39. The summed E-state index contributed by atoms with van der Waals surface area (Å²) in [7, 11) is 0. The van der Waals surface area contributed by atoms with E-state index in [4.69, 9.17) is 4.74 Å². The van der Waals surface area contributed by atoms with E-state index >= 15 is 0 Å². The zero-order chi connectivity index (χ0) is 11.8. The summed E-state index contributed by atoms with van der Waals surface area (Å²) in [5.74, 6) is 0. The third-order valence-electron chi connectivity index (χ3n) is 3.21. The zero-order valence-corrected chi connectivity index (χ0v) is 10.4. The van der Waals surface area contributed by atoms with E-state index in [-0.39, 0.29) is 6.09 Å². The highest BCUT2D eigenvalue weighted by Crippen LogP contribution is 2.32. The zero-order valence-electron chi connectivity index (χ0n) is 10.4. The first-order chi connectivity index (χ1) is 7.47. The lowest BCUT2D eigenvalue weighted by atomic mass is 10.1. The summed E-state index contributed by atoms with van der Waals surface area (Å²) in [6.07, 6.45) is 8.46. The van der Waals surface area contributed by atoms with Crippen LogP contribution in [0.3, 0.4) is 0 Å². The summed E-state index contributed by atoms with van der Waals surface area (Å²) in [6.45, 7) is 5.76. The summed E-state index contributed by atoms with van der Waals surface area (Å²) >= 11 is 0. The molecule has 2 aliphatic rings. The molecule has 0 N–H and O–H groups in total. The SMILES string of the molecule is CC(C)(C)OC(=O)N1[C@@H]2CC=CC[C@H]1CC2. The Morgan fingerprint density at radius 3 is 2.12 bits per heavy atom. The van der Waals surface area contributed by atoms with Crippen molar-refractivity contribution in [1.82, 2.24) is 4.90 Å². The first-order valence-corrected chi connectivity index (χ1v) is 6.14. The maximum Gasteiger partial charge on any atom is 0.410 e. The monoisotopic (exact) mass is 223 g/mol. The number of hydrogen-bond donors (Lipinski definition) is 0. The summed E-state index contributed by atoms with van der Waals surface area (Å²) < 4.78 is 5.47. The van der Waals surface area contributed by atoms with Crippen LogP contribution in [0.5, 0.6) is 0 Å². The molecule has 0 aromatic rings. The van der Waals surface area contributed by atoms with Gasteiger partial charge in [0.25, 0.3) is 0 Å². The highest BCUT2D eigenvalue weighted by molar-refractivity contribution is 5.69. The van der Waals surface area contributed by atoms with Crippen LogP contribution < -0.4 is 0 Å². The van der Waals surface area contributed by atoms with E-state index in [1.165, 1.54) is 0 Å². The average molecular weight is 223 g/mol. The van der Waals surface area contributed by atoms with Crippen LogP contribution in [0.2, 0.25) is 0 Å². The molecule has 2 bridgehead atoms. The quantitative estimate of drug-likeness (QED) is 0.590. The minimum Gasteiger partial charge on any atom is -0.444 e. The number of carbonyl (C=O) groups is 1. The molecule has 2 rings (SSSR count). The molecule has 3 heteroatoms. The van der Waals surface area contributed by atoms with Crippen molar-refractivity contribution in [3.63, 3.8) is 0 Å². The van der Waals surface area contributed by atoms with Gasteiger partial charge in [0.05, 0.1) is 0 Å². The Kier molecular flexibility index (Phi) is 2.96. The second kappa shape index (κ2) is 4.11. The second-order valence-electron chi connectivity index (χ2n) is 5.72. The minimum atomic E-state index is -0.393. The molecular weight excluding hydrogens is 202 g/mol. The highest BCUT2D eigenvalue weighted by atomic mass is 16.6. The second-order valence-corrected chi connectivity index (χ2v) is 5.72. The van der Waals surface area contributed by atoms with E-state index in [0.717, 1.165) is 25.7 Å². The van der Waals surface area contributed by atoms with Crippen LogP contribution >= 0.6 is 0 Å². The van der Waals surface area contributed by atoms with Gasteiger partial charge in [-0.25, -0.2) is 4.79 Å². The molecule has 2 atom stereocenters. The van der Waals surface area contributed by atoms with Gasteiger partial charge >= 0.3 is 6.09 Å². The maximum absolute atomic E-state index is 12.1. The van der Waals surface area contributed by atoms with Gasteiger partial charge in [-0.2, -0.15) is 0 Å². The van der Waals surface area contributed by atoms with Crippen molar-refractivity contribution in [2.75, 3.05) is 0 Å². The predicted octanol–water partition coefficient (Wildman–Crippen LogP) is 3.10. The number of nitrogens with zero attached hydrogens (tertiary/aromatic N) is 1. The fraction of sp³-hybridized carbons (Fsp3) is 0.769. The standard InChI is InChI=1S/C13H21NO2/c1-13(2,3)16-12(15)14-10-6-4-5-7-11(14)9-8-10/h4-5,10-11H,6-9H2,1-3H3/t10-,11+. The average Bonchev–Trinajstić information content (AvgIpc) is 2.36. The summed E-state index contributed by atoms with van der Waals surface area (Å²) in [6, 6.07) is 0.720. The molecule has 1 fully saturated rings. The van der Waals surface area contributed by atoms with Crippen molar-refractivity contribution < 1.29 is 9.53 Å². The van der Waals surface area contributed by atoms with Crippen LogP contribution in [0.25, 0.3) is 0 Å². The molecule has 16 heavy (non-hydrogen) atoms. The molecule has 1 saturated heterocycles. The lowest BCUT2D eigenvalue weighted by Gasteiger charge is -2.31. The Morgan fingerprint density at radius 1 is 1.19 bits per heavy atom. The van der Waals surface area contributed by atoms with Crippen molar-refractivity contribution in [2.24, 2.45) is 0 Å². The Balaban J connectivity index is 2.07. The fourth-order valence-electron chi connectivity index (χ4n) is 2.54. The molecule has 0 aromatic carbocycles. The molecular formula is C13H21NO2. The van der Waals surface area contributed by atoms with Gasteiger partial charge < -0.3 is 9.64 Å². The minimum absolute atomic E-state index is 0.135. The molecule has 0 radical (unpaired) electrons. The van der Waals surface area contributed by atoms with E-state index in [0.29, 0.717) is 12.1 Å². The molecule has 2 aliphatic heterocycles. The van der Waals surface area contributed by atoms with Gasteiger partial charge in [0.2, 0.25) is 0 Å². The highest BCUT2D eigenvalue weighted by Gasteiger charge is 2.38. The van der Waals surface area contributed by atoms with E-state index in [1.807, 2.05) is 25.7 Å². The molecule has 0 aliphatic carbocycles. The molecule has 0 saturated carbocycles. The molecule has 2 heterocycles. The number of hydrogen-bond acceptors (Lipinski definition) is 2. The first kappa shape index (κ1) is 11.5. The predicted molar refractivity (Wildman–Crippen MR) is 63.3 cm³/mol. The van der Waals surface area contributed by atoms with Crippen molar-refractivity contribution in [1.29, 1.82) is 0 Å². The smallest absolute Gasteiger partial charge is 0.410 e. The van der Waals surface area contributed by atoms with Crippen LogP contribution in [-0.2, 0) is 4.74 Å². The van der Waals surface area contributed by atoms with Crippen molar-refractivity contribution in [3.05, 3.63) is 12.2 Å². The van der Waals surface area contributed by atoms with Crippen LogP contribution in [0.15, 0.2) is 12.2 Å². The van der Waals surface area contributed by atoms with Gasteiger partial charge in [-0.1, -0.05) is 12.2 Å². The number of rotatable bonds is 0. The van der Waals surface area contributed by atoms with Gasteiger partial charge in [-0.05, 0) is 46.5 Å². The first-order valence-electron chi connectivity index (χ1n) is 6.14. The van der Waals surface area contributed by atoms with E-state index in [2.05, 4.69) is 12.2 Å².